The largest absolute Gasteiger partial charge is 0.378 e. The third kappa shape index (κ3) is 3.08. The Labute approximate surface area is 117 Å². The summed E-state index contributed by atoms with van der Waals surface area (Å²) in [5, 5.41) is 4.03. The molecule has 0 bridgehead atoms. The average molecular weight is 280 g/mol. The van der Waals surface area contributed by atoms with Crippen molar-refractivity contribution in [1.82, 2.24) is 15.3 Å². The number of hydrogen-bond donors (Lipinski definition) is 2. The highest BCUT2D eigenvalue weighted by atomic mass is 35.5. The van der Waals surface area contributed by atoms with Crippen molar-refractivity contribution in [3.05, 3.63) is 29.0 Å². The Morgan fingerprint density at radius 2 is 2.16 bits per heavy atom. The molecule has 1 aromatic heterocycles. The third-order valence-electron chi connectivity index (χ3n) is 3.49. The summed E-state index contributed by atoms with van der Waals surface area (Å²) in [4.78, 5) is 7.80. The standard InChI is InChI=1S/C14H18ClN3O/c15-11-2-1-3-12-14(11)18-13(17-12)6-9-19-10-4-7-16-8-5-10/h1-3,10,16H,4-9H2,(H,17,18). The second-order valence-corrected chi connectivity index (χ2v) is 5.30. The van der Waals surface area contributed by atoms with E-state index in [9.17, 15) is 0 Å². The Morgan fingerprint density at radius 3 is 2.95 bits per heavy atom. The molecular formula is C14H18ClN3O. The lowest BCUT2D eigenvalue weighted by Crippen LogP contribution is -2.32. The molecule has 0 aliphatic carbocycles. The molecular weight excluding hydrogens is 262 g/mol. The van der Waals surface area contributed by atoms with Crippen LogP contribution in [-0.4, -0.2) is 35.8 Å². The van der Waals surface area contributed by atoms with Gasteiger partial charge in [0.1, 0.15) is 11.3 Å². The first kappa shape index (κ1) is 12.9. The van der Waals surface area contributed by atoms with Crippen molar-refractivity contribution >= 4 is 22.6 Å². The zero-order valence-corrected chi connectivity index (χ0v) is 11.5. The molecule has 5 heteroatoms. The second kappa shape index (κ2) is 5.90. The van der Waals surface area contributed by atoms with Crippen LogP contribution in [0.2, 0.25) is 5.02 Å². The molecule has 0 amide bonds. The Balaban J connectivity index is 1.57. The predicted molar refractivity (Wildman–Crippen MR) is 76.7 cm³/mol. The molecule has 102 valence electrons. The SMILES string of the molecule is Clc1cccc2[nH]c(CCOC3CCNCC3)nc12. The number of hydrogen-bond acceptors (Lipinski definition) is 3. The maximum atomic E-state index is 6.11. The van der Waals surface area contributed by atoms with Crippen molar-refractivity contribution in [2.75, 3.05) is 19.7 Å². The summed E-state index contributed by atoms with van der Waals surface area (Å²) in [6, 6.07) is 5.78. The van der Waals surface area contributed by atoms with Gasteiger partial charge in [0.2, 0.25) is 0 Å². The number of fused-ring (bicyclic) bond motifs is 1. The molecule has 1 aliphatic rings. The number of halogens is 1. The van der Waals surface area contributed by atoms with Crippen LogP contribution in [-0.2, 0) is 11.2 Å². The van der Waals surface area contributed by atoms with Crippen LogP contribution in [0.4, 0.5) is 0 Å². The van der Waals surface area contributed by atoms with Crippen LogP contribution in [0.15, 0.2) is 18.2 Å². The monoisotopic (exact) mass is 279 g/mol. The van der Waals surface area contributed by atoms with Crippen molar-refractivity contribution in [2.45, 2.75) is 25.4 Å². The number of rotatable bonds is 4. The van der Waals surface area contributed by atoms with E-state index < -0.39 is 0 Å². The number of nitrogens with zero attached hydrogens (tertiary/aromatic N) is 1. The molecule has 4 nitrogen and oxygen atoms in total. The molecule has 0 saturated carbocycles. The van der Waals surface area contributed by atoms with E-state index >= 15 is 0 Å². The van der Waals surface area contributed by atoms with Gasteiger partial charge >= 0.3 is 0 Å². The van der Waals surface area contributed by atoms with Gasteiger partial charge in [0.15, 0.2) is 0 Å². The van der Waals surface area contributed by atoms with E-state index in [1.165, 1.54) is 0 Å². The highest BCUT2D eigenvalue weighted by molar-refractivity contribution is 6.34. The second-order valence-electron chi connectivity index (χ2n) is 4.89. The fourth-order valence-electron chi connectivity index (χ4n) is 2.45. The molecule has 2 heterocycles. The van der Waals surface area contributed by atoms with Crippen molar-refractivity contribution in [2.24, 2.45) is 0 Å². The van der Waals surface area contributed by atoms with Gasteiger partial charge in [-0.1, -0.05) is 17.7 Å². The van der Waals surface area contributed by atoms with Gasteiger partial charge < -0.3 is 15.0 Å². The lowest BCUT2D eigenvalue weighted by molar-refractivity contribution is 0.0343. The maximum Gasteiger partial charge on any atom is 0.109 e. The first-order valence-electron chi connectivity index (χ1n) is 6.78. The molecule has 3 rings (SSSR count). The predicted octanol–water partition coefficient (Wildman–Crippen LogP) is 2.53. The van der Waals surface area contributed by atoms with Crippen molar-refractivity contribution in [1.29, 1.82) is 0 Å². The molecule has 2 aromatic rings. The van der Waals surface area contributed by atoms with Crippen LogP contribution in [0.3, 0.4) is 0 Å². The van der Waals surface area contributed by atoms with Crippen LogP contribution in [0, 0.1) is 0 Å². The molecule has 0 radical (unpaired) electrons. The minimum absolute atomic E-state index is 0.397. The van der Waals surface area contributed by atoms with E-state index in [1.54, 1.807) is 0 Å². The number of H-pyrrole nitrogens is 1. The van der Waals surface area contributed by atoms with Crippen LogP contribution < -0.4 is 5.32 Å². The zero-order valence-electron chi connectivity index (χ0n) is 10.8. The summed E-state index contributed by atoms with van der Waals surface area (Å²) in [5.41, 5.74) is 1.84. The highest BCUT2D eigenvalue weighted by Crippen LogP contribution is 2.21. The summed E-state index contributed by atoms with van der Waals surface area (Å²) < 4.78 is 5.88. The van der Waals surface area contributed by atoms with Gasteiger partial charge in [-0.05, 0) is 38.1 Å². The topological polar surface area (TPSA) is 49.9 Å². The van der Waals surface area contributed by atoms with Gasteiger partial charge in [-0.25, -0.2) is 4.98 Å². The van der Waals surface area contributed by atoms with Gasteiger partial charge in [-0.3, -0.25) is 0 Å². The fraction of sp³-hybridized carbons (Fsp3) is 0.500. The van der Waals surface area contributed by atoms with Gasteiger partial charge in [-0.2, -0.15) is 0 Å². The van der Waals surface area contributed by atoms with E-state index in [0.29, 0.717) is 17.7 Å². The molecule has 1 fully saturated rings. The fourth-order valence-corrected chi connectivity index (χ4v) is 2.67. The highest BCUT2D eigenvalue weighted by Gasteiger charge is 2.13. The first-order valence-corrected chi connectivity index (χ1v) is 7.16. The summed E-state index contributed by atoms with van der Waals surface area (Å²) >= 11 is 6.11. The third-order valence-corrected chi connectivity index (χ3v) is 3.80. The smallest absolute Gasteiger partial charge is 0.109 e. The molecule has 1 aliphatic heterocycles. The Morgan fingerprint density at radius 1 is 1.32 bits per heavy atom. The van der Waals surface area contributed by atoms with E-state index in [4.69, 9.17) is 16.3 Å². The molecule has 1 aromatic carbocycles. The minimum Gasteiger partial charge on any atom is -0.378 e. The summed E-state index contributed by atoms with van der Waals surface area (Å²) in [5.74, 6) is 0.942. The van der Waals surface area contributed by atoms with Crippen molar-refractivity contribution < 1.29 is 4.74 Å². The molecule has 2 N–H and O–H groups in total. The number of piperidine rings is 1. The molecule has 19 heavy (non-hydrogen) atoms. The average Bonchev–Trinajstić information content (AvgIpc) is 2.84. The van der Waals surface area contributed by atoms with Crippen LogP contribution in [0.1, 0.15) is 18.7 Å². The van der Waals surface area contributed by atoms with E-state index in [-0.39, 0.29) is 0 Å². The maximum absolute atomic E-state index is 6.11. The quantitative estimate of drug-likeness (QED) is 0.904. The van der Waals surface area contributed by atoms with Crippen LogP contribution >= 0.6 is 11.6 Å². The van der Waals surface area contributed by atoms with Crippen LogP contribution in [0.5, 0.6) is 0 Å². The normalized spacial score (nSPS) is 17.1. The molecule has 0 atom stereocenters. The number of para-hydroxylation sites is 1. The number of nitrogens with one attached hydrogen (secondary N) is 2. The Kier molecular flexibility index (Phi) is 4.01. The number of aromatic nitrogens is 2. The number of ether oxygens (including phenoxy) is 1. The number of benzene rings is 1. The number of aromatic amines is 1. The minimum atomic E-state index is 0.397. The number of imidazole rings is 1. The molecule has 0 spiro atoms. The van der Waals surface area contributed by atoms with E-state index in [1.807, 2.05) is 18.2 Å². The van der Waals surface area contributed by atoms with E-state index in [0.717, 1.165) is 49.2 Å². The van der Waals surface area contributed by atoms with Gasteiger partial charge in [0.25, 0.3) is 0 Å². The summed E-state index contributed by atoms with van der Waals surface area (Å²) in [6.07, 6.45) is 3.40. The van der Waals surface area contributed by atoms with Gasteiger partial charge in [-0.15, -0.1) is 0 Å². The van der Waals surface area contributed by atoms with Gasteiger partial charge in [0, 0.05) is 6.42 Å². The first-order chi connectivity index (χ1) is 9.33. The Hall–Kier alpha value is -1.10. The van der Waals surface area contributed by atoms with Gasteiger partial charge in [0.05, 0.1) is 23.3 Å². The summed E-state index contributed by atoms with van der Waals surface area (Å²) in [6.45, 7) is 2.83. The lowest BCUT2D eigenvalue weighted by atomic mass is 10.1. The Bertz CT molecular complexity index is 549. The van der Waals surface area contributed by atoms with Crippen LogP contribution in [0.25, 0.3) is 11.0 Å². The zero-order chi connectivity index (χ0) is 13.1. The van der Waals surface area contributed by atoms with E-state index in [2.05, 4.69) is 15.3 Å². The summed E-state index contributed by atoms with van der Waals surface area (Å²) in [7, 11) is 0. The lowest BCUT2D eigenvalue weighted by Gasteiger charge is -2.22. The van der Waals surface area contributed by atoms with Crippen molar-refractivity contribution in [3.63, 3.8) is 0 Å². The molecule has 1 saturated heterocycles. The van der Waals surface area contributed by atoms with Crippen molar-refractivity contribution in [3.8, 4) is 0 Å². The molecule has 0 unspecified atom stereocenters.